The molecule has 4 rings (SSSR count). The summed E-state index contributed by atoms with van der Waals surface area (Å²) in [7, 11) is 0. The van der Waals surface area contributed by atoms with Gasteiger partial charge >= 0.3 is 5.97 Å². The van der Waals surface area contributed by atoms with Crippen LogP contribution in [-0.4, -0.2) is 66.6 Å². The number of carbonyl (C=O) groups is 2. The number of hydrogen-bond donors (Lipinski definition) is 1. The van der Waals surface area contributed by atoms with Crippen LogP contribution in [0.2, 0.25) is 5.02 Å². The molecule has 39 heavy (non-hydrogen) atoms. The van der Waals surface area contributed by atoms with Crippen LogP contribution in [0.4, 0.5) is 0 Å². The average Bonchev–Trinajstić information content (AvgIpc) is 3.78. The van der Waals surface area contributed by atoms with Gasteiger partial charge in [0.05, 0.1) is 35.6 Å². The summed E-state index contributed by atoms with van der Waals surface area (Å²) < 4.78 is 11.5. The SMILES string of the molecule is C=CCOC1/C=C/CCOC(=O)c2c(C3CC3)cc(O)c(Cl)c2CC(=N/OCC(=O)N2CCCCC2)/C=C/C1. The van der Waals surface area contributed by atoms with Crippen LogP contribution in [-0.2, 0) is 25.5 Å². The number of hydrogen-bond acceptors (Lipinski definition) is 7. The summed E-state index contributed by atoms with van der Waals surface area (Å²) in [5.41, 5.74) is 2.00. The lowest BCUT2D eigenvalue weighted by Gasteiger charge is -2.26. The number of aromatic hydroxyl groups is 1. The number of rotatable bonds is 7. The molecule has 1 aromatic rings. The molecule has 1 aromatic carbocycles. The molecule has 0 aromatic heterocycles. The number of phenolic OH excluding ortho intramolecular Hbond substituents is 1. The van der Waals surface area contributed by atoms with E-state index < -0.39 is 5.97 Å². The van der Waals surface area contributed by atoms with Gasteiger partial charge in [0.15, 0.2) is 6.61 Å². The number of phenols is 1. The van der Waals surface area contributed by atoms with Crippen molar-refractivity contribution >= 4 is 29.2 Å². The Hall–Kier alpha value is -3.10. The van der Waals surface area contributed by atoms with E-state index in [9.17, 15) is 14.7 Å². The maximum absolute atomic E-state index is 13.3. The van der Waals surface area contributed by atoms with Gasteiger partial charge in [0.1, 0.15) is 5.75 Å². The van der Waals surface area contributed by atoms with Gasteiger partial charge in [-0.1, -0.05) is 41.1 Å². The summed E-state index contributed by atoms with van der Waals surface area (Å²) in [6.45, 7) is 5.58. The van der Waals surface area contributed by atoms with Crippen LogP contribution in [0.3, 0.4) is 0 Å². The van der Waals surface area contributed by atoms with E-state index in [1.165, 1.54) is 0 Å². The number of cyclic esters (lactones) is 1. The minimum absolute atomic E-state index is 0.0797. The Labute approximate surface area is 234 Å². The molecule has 1 amide bonds. The van der Waals surface area contributed by atoms with E-state index >= 15 is 0 Å². The number of oxime groups is 1. The zero-order valence-electron chi connectivity index (χ0n) is 22.3. The van der Waals surface area contributed by atoms with Crippen molar-refractivity contribution in [2.75, 3.05) is 32.9 Å². The van der Waals surface area contributed by atoms with E-state index in [4.69, 9.17) is 25.9 Å². The van der Waals surface area contributed by atoms with Crippen LogP contribution < -0.4 is 0 Å². The van der Waals surface area contributed by atoms with Gasteiger partial charge in [0.2, 0.25) is 0 Å². The molecule has 1 saturated carbocycles. The van der Waals surface area contributed by atoms with Crippen LogP contribution >= 0.6 is 11.6 Å². The van der Waals surface area contributed by atoms with Crippen LogP contribution in [0.1, 0.15) is 72.3 Å². The molecule has 1 aliphatic carbocycles. The number of nitrogens with zero attached hydrogens (tertiary/aromatic N) is 2. The smallest absolute Gasteiger partial charge is 0.338 e. The normalized spacial score (nSPS) is 23.3. The van der Waals surface area contributed by atoms with Gasteiger partial charge in [-0.3, -0.25) is 4.79 Å². The fraction of sp³-hybridized carbons (Fsp3) is 0.500. The van der Waals surface area contributed by atoms with E-state index in [1.54, 1.807) is 23.1 Å². The molecule has 1 saturated heterocycles. The molecule has 0 radical (unpaired) electrons. The second-order valence-electron chi connectivity index (χ2n) is 10.1. The molecule has 210 valence electrons. The number of allylic oxidation sites excluding steroid dienone is 1. The van der Waals surface area contributed by atoms with Crippen LogP contribution in [0.25, 0.3) is 0 Å². The number of likely N-dealkylation sites (tertiary alicyclic amines) is 1. The molecule has 0 spiro atoms. The first-order valence-electron chi connectivity index (χ1n) is 13.7. The van der Waals surface area contributed by atoms with Gasteiger partial charge in [-0.15, -0.1) is 6.58 Å². The maximum atomic E-state index is 13.3. The Balaban J connectivity index is 1.64. The van der Waals surface area contributed by atoms with Crippen molar-refractivity contribution in [3.8, 4) is 5.75 Å². The minimum Gasteiger partial charge on any atom is -0.506 e. The van der Waals surface area contributed by atoms with Crippen LogP contribution in [0.5, 0.6) is 5.75 Å². The summed E-state index contributed by atoms with van der Waals surface area (Å²) in [4.78, 5) is 33.2. The number of piperidine rings is 1. The fourth-order valence-corrected chi connectivity index (χ4v) is 5.04. The first kappa shape index (κ1) is 28.9. The Bertz CT molecular complexity index is 1130. The maximum Gasteiger partial charge on any atom is 0.338 e. The lowest BCUT2D eigenvalue weighted by molar-refractivity contribution is -0.137. The highest BCUT2D eigenvalue weighted by atomic mass is 35.5. The lowest BCUT2D eigenvalue weighted by Crippen LogP contribution is -2.37. The van der Waals surface area contributed by atoms with Crippen molar-refractivity contribution in [1.29, 1.82) is 0 Å². The highest BCUT2D eigenvalue weighted by molar-refractivity contribution is 6.33. The summed E-state index contributed by atoms with van der Waals surface area (Å²) in [6, 6.07) is 1.57. The van der Waals surface area contributed by atoms with E-state index in [0.717, 1.165) is 50.8 Å². The summed E-state index contributed by atoms with van der Waals surface area (Å²) >= 11 is 6.58. The Kier molecular flexibility index (Phi) is 10.6. The van der Waals surface area contributed by atoms with Crippen molar-refractivity contribution in [2.24, 2.45) is 5.16 Å². The van der Waals surface area contributed by atoms with Gasteiger partial charge in [-0.25, -0.2) is 4.79 Å². The Morgan fingerprint density at radius 1 is 1.26 bits per heavy atom. The molecule has 1 N–H and O–H groups in total. The third-order valence-electron chi connectivity index (χ3n) is 7.01. The second kappa shape index (κ2) is 14.3. The molecule has 2 heterocycles. The fourth-order valence-electron chi connectivity index (χ4n) is 4.82. The zero-order chi connectivity index (χ0) is 27.6. The van der Waals surface area contributed by atoms with E-state index in [2.05, 4.69) is 11.7 Å². The number of fused-ring (bicyclic) bond motifs is 1. The highest BCUT2D eigenvalue weighted by Crippen LogP contribution is 2.46. The molecular weight excluding hydrogens is 520 g/mol. The standard InChI is InChI=1S/C30H37ClN2O6/c1-2-16-37-23-10-4-7-17-38-30(36)28-24(21-12-13-21)19-26(34)29(31)25(28)18-22(9-8-11-23)32-39-20-27(35)33-14-5-3-6-15-33/h2,4,8-10,19,21,23,34H,1,3,5-7,11-18,20H2/b9-8+,10-4+,32-22+. The van der Waals surface area contributed by atoms with Gasteiger partial charge < -0.3 is 24.3 Å². The van der Waals surface area contributed by atoms with Crippen LogP contribution in [0, 0.1) is 0 Å². The average molecular weight is 557 g/mol. The van der Waals surface area contributed by atoms with Crippen molar-refractivity contribution in [3.05, 3.63) is 64.7 Å². The van der Waals surface area contributed by atoms with Gasteiger partial charge in [0, 0.05) is 19.5 Å². The number of carbonyl (C=O) groups excluding carboxylic acids is 2. The van der Waals surface area contributed by atoms with Crippen molar-refractivity contribution in [3.63, 3.8) is 0 Å². The van der Waals surface area contributed by atoms with E-state index in [1.807, 2.05) is 18.2 Å². The zero-order valence-corrected chi connectivity index (χ0v) is 23.0. The third-order valence-corrected chi connectivity index (χ3v) is 7.43. The lowest BCUT2D eigenvalue weighted by atomic mass is 9.93. The summed E-state index contributed by atoms with van der Waals surface area (Å²) in [5.74, 6) is -0.507. The van der Waals surface area contributed by atoms with Crippen molar-refractivity contribution in [1.82, 2.24) is 4.90 Å². The number of amides is 1. The number of halogens is 1. The first-order chi connectivity index (χ1) is 19.0. The van der Waals surface area contributed by atoms with E-state index in [-0.39, 0.29) is 48.3 Å². The monoisotopic (exact) mass is 556 g/mol. The number of esters is 1. The molecule has 8 nitrogen and oxygen atoms in total. The second-order valence-corrected chi connectivity index (χ2v) is 10.4. The van der Waals surface area contributed by atoms with Gasteiger partial charge in [0.25, 0.3) is 5.91 Å². The Morgan fingerprint density at radius 2 is 2.05 bits per heavy atom. The molecule has 1 atom stereocenters. The molecule has 2 fully saturated rings. The van der Waals surface area contributed by atoms with Gasteiger partial charge in [-0.2, -0.15) is 0 Å². The molecule has 9 heteroatoms. The van der Waals surface area contributed by atoms with Gasteiger partial charge in [-0.05, 0) is 74.1 Å². The largest absolute Gasteiger partial charge is 0.506 e. The molecule has 0 bridgehead atoms. The summed E-state index contributed by atoms with van der Waals surface area (Å²) in [6.07, 6.45) is 15.2. The first-order valence-corrected chi connectivity index (χ1v) is 14.1. The number of ether oxygens (including phenoxy) is 2. The van der Waals surface area contributed by atoms with E-state index in [0.29, 0.717) is 36.3 Å². The topological polar surface area (TPSA) is 97.7 Å². The minimum atomic E-state index is -0.483. The number of benzene rings is 1. The molecule has 3 aliphatic rings. The van der Waals surface area contributed by atoms with Crippen molar-refractivity contribution in [2.45, 2.75) is 63.4 Å². The van der Waals surface area contributed by atoms with Crippen molar-refractivity contribution < 1.29 is 29.0 Å². The Morgan fingerprint density at radius 3 is 2.79 bits per heavy atom. The quantitative estimate of drug-likeness (QED) is 0.271. The summed E-state index contributed by atoms with van der Waals surface area (Å²) in [5, 5.41) is 15.0. The molecular formula is C30H37ClN2O6. The highest BCUT2D eigenvalue weighted by Gasteiger charge is 2.33. The molecule has 1 unspecified atom stereocenters. The predicted molar refractivity (Wildman–Crippen MR) is 150 cm³/mol. The van der Waals surface area contributed by atoms with Crippen LogP contribution in [0.15, 0.2) is 48.2 Å². The molecule has 2 aliphatic heterocycles. The predicted octanol–water partition coefficient (Wildman–Crippen LogP) is 5.48. The third kappa shape index (κ3) is 8.19.